The van der Waals surface area contributed by atoms with Crippen molar-refractivity contribution in [3.05, 3.63) is 29.3 Å². The fourth-order valence-corrected chi connectivity index (χ4v) is 2.89. The van der Waals surface area contributed by atoms with Gasteiger partial charge in [-0.3, -0.25) is 4.79 Å². The molecule has 1 aliphatic heterocycles. The quantitative estimate of drug-likeness (QED) is 0.807. The molecule has 1 heterocycles. The first kappa shape index (κ1) is 13.5. The third-order valence-electron chi connectivity index (χ3n) is 3.81. The van der Waals surface area contributed by atoms with Gasteiger partial charge in [0.15, 0.2) is 0 Å². The Hall–Kier alpha value is -0.960. The van der Waals surface area contributed by atoms with E-state index in [1.54, 1.807) is 0 Å². The number of benzene rings is 1. The molecule has 0 aliphatic carbocycles. The van der Waals surface area contributed by atoms with Gasteiger partial charge in [-0.2, -0.15) is 0 Å². The first-order valence-corrected chi connectivity index (χ1v) is 7.18. The van der Waals surface area contributed by atoms with Gasteiger partial charge in [0, 0.05) is 23.0 Å². The molecule has 0 spiro atoms. The van der Waals surface area contributed by atoms with Crippen LogP contribution in [0.25, 0.3) is 0 Å². The van der Waals surface area contributed by atoms with Gasteiger partial charge in [0.25, 0.3) is 5.91 Å². The highest BCUT2D eigenvalue weighted by Crippen LogP contribution is 2.24. The molecule has 0 N–H and O–H groups in total. The zero-order chi connectivity index (χ0) is 13.1. The Bertz CT molecular complexity index is 444. The number of carbonyl (C=O) groups is 1. The Morgan fingerprint density at radius 1 is 1.44 bits per heavy atom. The van der Waals surface area contributed by atoms with Crippen molar-refractivity contribution in [3.63, 3.8) is 0 Å². The van der Waals surface area contributed by atoms with Crippen molar-refractivity contribution >= 4 is 18.5 Å². The minimum atomic E-state index is 0.176. The molecule has 1 aromatic carbocycles. The summed E-state index contributed by atoms with van der Waals surface area (Å²) >= 11 is 4.33. The van der Waals surface area contributed by atoms with E-state index in [9.17, 15) is 4.79 Å². The van der Waals surface area contributed by atoms with Crippen LogP contribution in [0, 0.1) is 6.92 Å². The van der Waals surface area contributed by atoms with Gasteiger partial charge in [-0.05, 0) is 50.3 Å². The zero-order valence-electron chi connectivity index (χ0n) is 11.1. The van der Waals surface area contributed by atoms with E-state index >= 15 is 0 Å². The lowest BCUT2D eigenvalue weighted by atomic mass is 9.98. The Kier molecular flexibility index (Phi) is 4.33. The van der Waals surface area contributed by atoms with Crippen molar-refractivity contribution in [2.24, 2.45) is 0 Å². The molecule has 1 unspecified atom stereocenters. The summed E-state index contributed by atoms with van der Waals surface area (Å²) in [6, 6.07) is 6.21. The molecule has 3 heteroatoms. The van der Waals surface area contributed by atoms with Crippen LogP contribution in [0.4, 0.5) is 0 Å². The highest BCUT2D eigenvalue weighted by Gasteiger charge is 2.26. The minimum absolute atomic E-state index is 0.176. The van der Waals surface area contributed by atoms with Gasteiger partial charge in [-0.15, -0.1) is 12.6 Å². The van der Waals surface area contributed by atoms with Gasteiger partial charge in [-0.1, -0.05) is 13.0 Å². The summed E-state index contributed by atoms with van der Waals surface area (Å²) in [6.07, 6.45) is 4.56. The standard InChI is InChI=1S/C15H21NOS/c1-3-12-6-4-5-9-16(12)15(17)14-10-13(18)8-7-11(14)2/h7-8,10,12,18H,3-6,9H2,1-2H3. The molecule has 1 atom stereocenters. The zero-order valence-corrected chi connectivity index (χ0v) is 12.0. The minimum Gasteiger partial charge on any atom is -0.336 e. The van der Waals surface area contributed by atoms with Gasteiger partial charge in [0.05, 0.1) is 0 Å². The number of aryl methyl sites for hydroxylation is 1. The molecule has 1 amide bonds. The first-order valence-electron chi connectivity index (χ1n) is 6.74. The monoisotopic (exact) mass is 263 g/mol. The number of likely N-dealkylation sites (tertiary alicyclic amines) is 1. The fourth-order valence-electron chi connectivity index (χ4n) is 2.69. The van der Waals surface area contributed by atoms with E-state index in [0.717, 1.165) is 41.8 Å². The molecule has 2 nitrogen and oxygen atoms in total. The van der Waals surface area contributed by atoms with Crippen LogP contribution in [-0.2, 0) is 0 Å². The molecular formula is C15H21NOS. The van der Waals surface area contributed by atoms with E-state index in [1.165, 1.54) is 6.42 Å². The van der Waals surface area contributed by atoms with Crippen molar-refractivity contribution in [2.45, 2.75) is 50.5 Å². The highest BCUT2D eigenvalue weighted by molar-refractivity contribution is 7.80. The van der Waals surface area contributed by atoms with E-state index < -0.39 is 0 Å². The number of thiol groups is 1. The Balaban J connectivity index is 2.26. The van der Waals surface area contributed by atoms with Crippen molar-refractivity contribution in [2.75, 3.05) is 6.54 Å². The SMILES string of the molecule is CCC1CCCCN1C(=O)c1cc(S)ccc1C. The lowest BCUT2D eigenvalue weighted by Crippen LogP contribution is -2.43. The molecular weight excluding hydrogens is 242 g/mol. The van der Waals surface area contributed by atoms with Crippen LogP contribution < -0.4 is 0 Å². The average Bonchev–Trinajstić information content (AvgIpc) is 2.40. The van der Waals surface area contributed by atoms with Gasteiger partial charge >= 0.3 is 0 Å². The predicted octanol–water partition coefficient (Wildman–Crippen LogP) is 3.69. The van der Waals surface area contributed by atoms with Crippen LogP contribution in [0.2, 0.25) is 0 Å². The number of nitrogens with zero attached hydrogens (tertiary/aromatic N) is 1. The second kappa shape index (κ2) is 5.79. The van der Waals surface area contributed by atoms with Crippen molar-refractivity contribution < 1.29 is 4.79 Å². The number of amides is 1. The summed E-state index contributed by atoms with van der Waals surface area (Å²) in [6.45, 7) is 5.05. The lowest BCUT2D eigenvalue weighted by Gasteiger charge is -2.35. The number of hydrogen-bond acceptors (Lipinski definition) is 2. The van der Waals surface area contributed by atoms with Crippen LogP contribution in [0.1, 0.15) is 48.5 Å². The molecule has 2 rings (SSSR count). The van der Waals surface area contributed by atoms with E-state index in [4.69, 9.17) is 0 Å². The van der Waals surface area contributed by atoms with Crippen LogP contribution in [0.5, 0.6) is 0 Å². The van der Waals surface area contributed by atoms with E-state index in [-0.39, 0.29) is 5.91 Å². The largest absolute Gasteiger partial charge is 0.336 e. The topological polar surface area (TPSA) is 20.3 Å². The Labute approximate surface area is 115 Å². The summed E-state index contributed by atoms with van der Waals surface area (Å²) in [5.41, 5.74) is 1.85. The number of piperidine rings is 1. The second-order valence-corrected chi connectivity index (χ2v) is 5.57. The van der Waals surface area contributed by atoms with Crippen molar-refractivity contribution in [1.82, 2.24) is 4.90 Å². The molecule has 1 aliphatic rings. The third kappa shape index (κ3) is 2.72. The number of carbonyl (C=O) groups excluding carboxylic acids is 1. The van der Waals surface area contributed by atoms with Gasteiger partial charge < -0.3 is 4.90 Å². The first-order chi connectivity index (χ1) is 8.63. The highest BCUT2D eigenvalue weighted by atomic mass is 32.1. The maximum absolute atomic E-state index is 12.6. The summed E-state index contributed by atoms with van der Waals surface area (Å²) in [7, 11) is 0. The smallest absolute Gasteiger partial charge is 0.254 e. The maximum atomic E-state index is 12.6. The molecule has 1 aromatic rings. The van der Waals surface area contributed by atoms with Gasteiger partial charge in [-0.25, -0.2) is 0 Å². The summed E-state index contributed by atoms with van der Waals surface area (Å²) < 4.78 is 0. The molecule has 1 saturated heterocycles. The van der Waals surface area contributed by atoms with E-state index in [1.807, 2.05) is 25.1 Å². The number of hydrogen-bond donors (Lipinski definition) is 1. The average molecular weight is 263 g/mol. The lowest BCUT2D eigenvalue weighted by molar-refractivity contribution is 0.0607. The number of rotatable bonds is 2. The molecule has 0 radical (unpaired) electrons. The maximum Gasteiger partial charge on any atom is 0.254 e. The van der Waals surface area contributed by atoms with Gasteiger partial charge in [0.2, 0.25) is 0 Å². The summed E-state index contributed by atoms with van der Waals surface area (Å²) in [4.78, 5) is 15.5. The van der Waals surface area contributed by atoms with Crippen LogP contribution in [-0.4, -0.2) is 23.4 Å². The molecule has 0 bridgehead atoms. The molecule has 98 valence electrons. The Morgan fingerprint density at radius 3 is 2.94 bits per heavy atom. The van der Waals surface area contributed by atoms with Gasteiger partial charge in [0.1, 0.15) is 0 Å². The third-order valence-corrected chi connectivity index (χ3v) is 4.09. The molecule has 1 fully saturated rings. The van der Waals surface area contributed by atoms with Crippen LogP contribution >= 0.6 is 12.6 Å². The van der Waals surface area contributed by atoms with Crippen LogP contribution in [0.3, 0.4) is 0 Å². The molecule has 18 heavy (non-hydrogen) atoms. The molecule has 0 aromatic heterocycles. The molecule has 0 saturated carbocycles. The fraction of sp³-hybridized carbons (Fsp3) is 0.533. The van der Waals surface area contributed by atoms with E-state index in [2.05, 4.69) is 24.5 Å². The second-order valence-electron chi connectivity index (χ2n) is 5.06. The summed E-state index contributed by atoms with van der Waals surface area (Å²) in [5.74, 6) is 0.176. The van der Waals surface area contributed by atoms with Crippen molar-refractivity contribution in [3.8, 4) is 0 Å². The summed E-state index contributed by atoms with van der Waals surface area (Å²) in [5, 5.41) is 0. The predicted molar refractivity (Wildman–Crippen MR) is 77.4 cm³/mol. The van der Waals surface area contributed by atoms with E-state index in [0.29, 0.717) is 6.04 Å². The Morgan fingerprint density at radius 2 is 2.22 bits per heavy atom. The van der Waals surface area contributed by atoms with Crippen LogP contribution in [0.15, 0.2) is 23.1 Å². The van der Waals surface area contributed by atoms with Crippen molar-refractivity contribution in [1.29, 1.82) is 0 Å². The normalized spacial score (nSPS) is 19.9.